The molecule has 1 unspecified atom stereocenters. The van der Waals surface area contributed by atoms with Gasteiger partial charge in [0.05, 0.1) is 65.5 Å². The third-order valence-electron chi connectivity index (χ3n) is 15.9. The molecule has 0 aliphatic carbocycles. The van der Waals surface area contributed by atoms with Gasteiger partial charge in [-0.1, -0.05) is 78.2 Å². The van der Waals surface area contributed by atoms with Gasteiger partial charge in [0.25, 0.3) is 6.43 Å². The highest BCUT2D eigenvalue weighted by Gasteiger charge is 2.14. The maximum Gasteiger partial charge on any atom is 0.255 e. The minimum Gasteiger partial charge on any atom is -0.497 e. The lowest BCUT2D eigenvalue weighted by Crippen LogP contribution is -2.36. The molecule has 6 aromatic carbocycles. The summed E-state index contributed by atoms with van der Waals surface area (Å²) in [6, 6.07) is 46.8. The number of aliphatic hydroxyl groups excluding tert-OH is 3. The van der Waals surface area contributed by atoms with Crippen LogP contribution in [-0.2, 0) is 91.3 Å². The maximum absolute atomic E-state index is 11.3. The second kappa shape index (κ2) is 106. The number of hydrogen-bond acceptors (Lipinski definition) is 24. The third-order valence-corrected chi connectivity index (χ3v) is 17.0. The van der Waals surface area contributed by atoms with Crippen LogP contribution in [0.2, 0.25) is 0 Å². The predicted octanol–water partition coefficient (Wildman–Crippen LogP) is 7.13. The number of anilines is 6. The van der Waals surface area contributed by atoms with Gasteiger partial charge in [0.2, 0.25) is 109 Å². The van der Waals surface area contributed by atoms with Crippen LogP contribution < -0.4 is 46.7 Å². The summed E-state index contributed by atoms with van der Waals surface area (Å²) in [6.45, 7) is 33.0. The average Bonchev–Trinajstić information content (AvgIpc) is 0.927. The second-order valence-electron chi connectivity index (χ2n) is 29.3. The van der Waals surface area contributed by atoms with E-state index in [1.54, 1.807) is 122 Å². The van der Waals surface area contributed by atoms with Crippen LogP contribution in [0, 0.1) is 39.7 Å². The minimum absolute atomic E-state index is 0.0260. The Labute approximate surface area is 832 Å². The molecule has 0 aliphatic rings. The highest BCUT2D eigenvalue weighted by Crippen LogP contribution is 2.17. The fourth-order valence-electron chi connectivity index (χ4n) is 7.51. The summed E-state index contributed by atoms with van der Waals surface area (Å²) in [6.07, 6.45) is 14.5. The number of aliphatic hydroxyl groups is 3. The SMILES string of the molecule is C#CCN(C)C=O.CC(C)N(C)C=O.CC(O)CN(C)C=O.CCN(C=O)CCO.CN(C=O)C(C)(C)C.CN(C=O)CC(F)F.CN(C=O)CCO.COCCN(C)C=O.COc1ccc(NC=O)cc1.COc1cccc(NC=O)c1.CS(=O)(=O)CCCNC=O.Cc1ccc(NC=O)cc1.Cc1cccc(NC=O)c1.Cc1ccccc1NC=O.O=CNc1ccccc1.[C-]#[N+]CCN(C=O)CC. The average molecular weight is 2010 g/mol. The smallest absolute Gasteiger partial charge is 0.255 e. The van der Waals surface area contributed by atoms with E-state index in [1.807, 2.05) is 184 Å². The Kier molecular flexibility index (Phi) is 110. The Balaban J connectivity index is -0.000000163. The lowest BCUT2D eigenvalue weighted by molar-refractivity contribution is -0.121. The van der Waals surface area contributed by atoms with E-state index in [2.05, 4.69) is 48.0 Å². The molecule has 0 bridgehead atoms. The van der Waals surface area contributed by atoms with Crippen molar-refractivity contribution in [1.29, 1.82) is 0 Å². The Morgan fingerprint density at radius 2 is 0.894 bits per heavy atom. The first-order valence-electron chi connectivity index (χ1n) is 42.9. The zero-order valence-corrected chi connectivity index (χ0v) is 86.2. The number of halogens is 2. The van der Waals surface area contributed by atoms with Crippen molar-refractivity contribution >= 4 is 147 Å². The van der Waals surface area contributed by atoms with Crippen LogP contribution in [0.1, 0.15) is 78.5 Å². The molecule has 0 aromatic heterocycles. The van der Waals surface area contributed by atoms with Crippen molar-refractivity contribution in [2.45, 2.75) is 107 Å². The zero-order chi connectivity index (χ0) is 110. The van der Waals surface area contributed by atoms with Crippen molar-refractivity contribution in [3.05, 3.63) is 180 Å². The molecule has 0 fully saturated rings. The lowest BCUT2D eigenvalue weighted by Gasteiger charge is -2.27. The predicted molar refractivity (Wildman–Crippen MR) is 549 cm³/mol. The van der Waals surface area contributed by atoms with Crippen LogP contribution in [0.4, 0.5) is 42.9 Å². The van der Waals surface area contributed by atoms with Crippen LogP contribution in [0.25, 0.3) is 4.85 Å². The van der Waals surface area contributed by atoms with Gasteiger partial charge in [0.15, 0.2) is 0 Å². The summed E-state index contributed by atoms with van der Waals surface area (Å²) in [5.74, 6) is 3.96. The topological polar surface area (TPSA) is 513 Å². The van der Waals surface area contributed by atoms with E-state index in [4.69, 9.17) is 42.5 Å². The van der Waals surface area contributed by atoms with Gasteiger partial charge in [-0.05, 0) is 173 Å². The number of ether oxygens (including phenoxy) is 3. The highest BCUT2D eigenvalue weighted by molar-refractivity contribution is 7.90. The molecule has 41 nitrogen and oxygen atoms in total. The van der Waals surface area contributed by atoms with E-state index in [0.717, 1.165) is 93.7 Å². The number of amides is 16. The molecular formula is C97H153F2N17O24S. The van der Waals surface area contributed by atoms with Crippen LogP contribution >= 0.6 is 0 Å². The number of aryl methyl sites for hydroxylation is 3. The Bertz CT molecular complexity index is 4300. The number of carbonyl (C=O) groups is 16. The van der Waals surface area contributed by atoms with Gasteiger partial charge in [-0.25, -0.2) is 23.8 Å². The van der Waals surface area contributed by atoms with Gasteiger partial charge in [0, 0.05) is 160 Å². The summed E-state index contributed by atoms with van der Waals surface area (Å²) in [7, 11) is 13.4. The molecule has 0 radical (unpaired) electrons. The molecule has 0 aliphatic heterocycles. The fourth-order valence-corrected chi connectivity index (χ4v) is 8.18. The number of rotatable bonds is 45. The number of methoxy groups -OCH3 is 3. The summed E-state index contributed by atoms with van der Waals surface area (Å²) >= 11 is 0. The van der Waals surface area contributed by atoms with Crippen LogP contribution in [0.5, 0.6) is 11.5 Å². The number of nitrogens with one attached hydrogen (secondary N) is 7. The molecule has 16 amide bonds. The normalized spacial score (nSPS) is 9.18. The van der Waals surface area contributed by atoms with E-state index in [-0.39, 0.29) is 24.5 Å². The van der Waals surface area contributed by atoms with E-state index < -0.39 is 28.9 Å². The third kappa shape index (κ3) is 112. The lowest BCUT2D eigenvalue weighted by atomic mass is 10.1. The number of likely N-dealkylation sites (N-methyl/N-ethyl adjacent to an activating group) is 5. The van der Waals surface area contributed by atoms with Crippen molar-refractivity contribution in [3.63, 3.8) is 0 Å². The Morgan fingerprint density at radius 3 is 1.21 bits per heavy atom. The number of hydrogen-bond donors (Lipinski definition) is 10. The summed E-state index contributed by atoms with van der Waals surface area (Å²) in [5.41, 5.74) is 8.26. The first-order valence-corrected chi connectivity index (χ1v) is 44.9. The first-order chi connectivity index (χ1) is 66.8. The van der Waals surface area contributed by atoms with Gasteiger partial charge in [-0.15, -0.1) is 6.42 Å². The highest BCUT2D eigenvalue weighted by atomic mass is 32.2. The molecule has 6 aromatic rings. The van der Waals surface area contributed by atoms with Crippen LogP contribution in [0.15, 0.2) is 152 Å². The van der Waals surface area contributed by atoms with Gasteiger partial charge in [-0.3, -0.25) is 76.7 Å². The van der Waals surface area contributed by atoms with Gasteiger partial charge >= 0.3 is 0 Å². The molecule has 44 heteroatoms. The molecule has 0 saturated heterocycles. The molecule has 0 saturated carbocycles. The van der Waals surface area contributed by atoms with Crippen molar-refractivity contribution in [2.75, 3.05) is 206 Å². The number of terminal acetylenes is 1. The van der Waals surface area contributed by atoms with Gasteiger partial charge < -0.3 is 116 Å². The van der Waals surface area contributed by atoms with Crippen molar-refractivity contribution in [3.8, 4) is 23.8 Å². The molecule has 10 N–H and O–H groups in total. The van der Waals surface area contributed by atoms with E-state index in [1.165, 1.54) is 43.4 Å². The second-order valence-corrected chi connectivity index (χ2v) is 31.5. The minimum atomic E-state index is -2.86. The van der Waals surface area contributed by atoms with E-state index in [0.29, 0.717) is 155 Å². The van der Waals surface area contributed by atoms with Crippen molar-refractivity contribution in [2.24, 2.45) is 0 Å². The number of carbonyl (C=O) groups excluding carboxylic acids is 16. The van der Waals surface area contributed by atoms with Gasteiger partial charge in [0.1, 0.15) is 21.3 Å². The Morgan fingerprint density at radius 1 is 0.475 bits per heavy atom. The first kappa shape index (κ1) is 146. The molecule has 790 valence electrons. The number of para-hydroxylation sites is 2. The number of benzene rings is 6. The Hall–Kier alpha value is -14.9. The zero-order valence-electron chi connectivity index (χ0n) is 85.3. The summed E-state index contributed by atoms with van der Waals surface area (Å²) < 4.78 is 58.1. The van der Waals surface area contributed by atoms with Crippen LogP contribution in [-0.4, -0.2) is 369 Å². The molecular weight excluding hydrogens is 1860 g/mol. The standard InChI is InChI=1S/2C8H9NO2.3C8H9NO.C7H7NO.C6H10N2O.C6H13NO.C5H11NO3S.3C5H11NO2.C5H11NO.C5H7NO.C4H7F2NO.C4H9NO2/c1-11-8-4-2-7(3-5-8)9-6-10;1-11-8-4-2-3-7(5-8)9-6-10;1-7-2-4-8(5-3-7)9-6-10;1-7-3-2-4-8(5-7)9-6-10;1-7-4-2-3-5-8(7)9-6-10;9-6-8-7-4-2-1-3-5-7;1-3-8(6-9)5-4-7-2;1-6(2,3)7(4)5-8;1-10(8,9)4-2-3-6-5-7;1-5(8)3-6(2)4-7;1-6(5-7)3-4-8-2;1-2-6(5-8)3-4-7;1-5(2)6(3)4-7;1-3-4-6(2)5-7;1-7(3-8)2-4(5)6;1-5(4-7)2-3-6/h2*2-6H,1H3,(H,9,10);3*2-6H,1H3,(H,9,10);1-6H,(H,8,9);6H,3-5H2,1H3;5H,1-4H3;5H,2-4H2,1H3,(H,6,7);4-5,8H,3H2,1-2H3;5H,3-4H2,1-2H3;5,7H,2-4H2,1H3;4-5H,1-3H3;1,5H,4H2,2H3;3-4H,2H2,1H3;4,6H,2-3H2,1H3. The van der Waals surface area contributed by atoms with Gasteiger partial charge in [-0.2, -0.15) is 0 Å². The molecule has 141 heavy (non-hydrogen) atoms. The maximum atomic E-state index is 11.3. The summed E-state index contributed by atoms with van der Waals surface area (Å²) in [4.78, 5) is 174. The fraction of sp³-hybridized carbons (Fsp3) is 0.433. The largest absolute Gasteiger partial charge is 0.497 e. The number of nitrogens with zero attached hydrogens (tertiary/aromatic N) is 10. The number of alkyl halides is 2. The van der Waals surface area contributed by atoms with Crippen LogP contribution in [0.3, 0.4) is 0 Å². The summed E-state index contributed by atoms with van der Waals surface area (Å²) in [5, 5.41) is 42.8. The molecule has 6 rings (SSSR count). The van der Waals surface area contributed by atoms with E-state index in [9.17, 15) is 93.9 Å². The number of sulfone groups is 1. The molecule has 0 spiro atoms. The van der Waals surface area contributed by atoms with Crippen molar-refractivity contribution in [1.82, 2.24) is 49.4 Å². The molecule has 0 heterocycles. The molecule has 1 atom stereocenters. The quantitative estimate of drug-likeness (QED) is 0.00786. The van der Waals surface area contributed by atoms with E-state index >= 15 is 0 Å². The van der Waals surface area contributed by atoms with Crippen molar-refractivity contribution < 1.29 is 123 Å². The monoisotopic (exact) mass is 2010 g/mol.